The molecular weight excluding hydrogens is 228 g/mol. The van der Waals surface area contributed by atoms with Gasteiger partial charge < -0.3 is 5.32 Å². The monoisotopic (exact) mass is 244 g/mol. The van der Waals surface area contributed by atoms with E-state index >= 15 is 0 Å². The molecule has 1 unspecified atom stereocenters. The van der Waals surface area contributed by atoms with Crippen molar-refractivity contribution in [2.24, 2.45) is 0 Å². The summed E-state index contributed by atoms with van der Waals surface area (Å²) in [5, 5.41) is 16.1. The van der Waals surface area contributed by atoms with E-state index in [1.165, 1.54) is 6.42 Å². The molecule has 0 amide bonds. The molecule has 1 aliphatic rings. The van der Waals surface area contributed by atoms with E-state index in [-0.39, 0.29) is 0 Å². The maximum Gasteiger partial charge on any atom is 0.179 e. The summed E-state index contributed by atoms with van der Waals surface area (Å²) < 4.78 is 0. The summed E-state index contributed by atoms with van der Waals surface area (Å²) in [5.74, 6) is 1.24. The number of hydrogen-bond acceptors (Lipinski definition) is 5. The number of piperidine rings is 1. The highest BCUT2D eigenvalue weighted by molar-refractivity contribution is 5.03. The molecule has 3 heterocycles. The van der Waals surface area contributed by atoms with E-state index < -0.39 is 0 Å². The molecule has 1 fully saturated rings. The summed E-state index contributed by atoms with van der Waals surface area (Å²) in [4.78, 5) is 5.87. The fourth-order valence-electron chi connectivity index (χ4n) is 2.19. The first kappa shape index (κ1) is 11.3. The van der Waals surface area contributed by atoms with Gasteiger partial charge in [0, 0.05) is 18.7 Å². The van der Waals surface area contributed by atoms with Crippen LogP contribution in [0.15, 0.2) is 24.4 Å². The average Bonchev–Trinajstić information content (AvgIpc) is 2.89. The van der Waals surface area contributed by atoms with Crippen LogP contribution in [-0.4, -0.2) is 38.3 Å². The minimum atomic E-state index is 0.399. The van der Waals surface area contributed by atoms with E-state index in [4.69, 9.17) is 0 Å². The van der Waals surface area contributed by atoms with Gasteiger partial charge in [-0.15, -0.1) is 10.2 Å². The van der Waals surface area contributed by atoms with E-state index in [0.717, 1.165) is 31.0 Å². The zero-order valence-electron chi connectivity index (χ0n) is 10.2. The van der Waals surface area contributed by atoms with Crippen LogP contribution < -0.4 is 5.32 Å². The molecule has 2 aromatic heterocycles. The fourth-order valence-corrected chi connectivity index (χ4v) is 2.19. The van der Waals surface area contributed by atoms with Crippen LogP contribution in [0.5, 0.6) is 0 Å². The van der Waals surface area contributed by atoms with E-state index in [2.05, 4.69) is 25.7 Å². The van der Waals surface area contributed by atoms with Crippen molar-refractivity contribution < 1.29 is 0 Å². The van der Waals surface area contributed by atoms with Crippen LogP contribution in [-0.2, 0) is 6.54 Å². The van der Waals surface area contributed by atoms with Gasteiger partial charge in [-0.25, -0.2) is 0 Å². The second-order valence-corrected chi connectivity index (χ2v) is 4.54. The maximum atomic E-state index is 4.44. The van der Waals surface area contributed by atoms with Gasteiger partial charge in [0.15, 0.2) is 5.82 Å². The van der Waals surface area contributed by atoms with E-state index in [1.807, 2.05) is 18.2 Å². The predicted molar refractivity (Wildman–Crippen MR) is 66.0 cm³/mol. The lowest BCUT2D eigenvalue weighted by Crippen LogP contribution is -2.29. The van der Waals surface area contributed by atoms with Crippen molar-refractivity contribution in [1.29, 1.82) is 0 Å². The smallest absolute Gasteiger partial charge is 0.179 e. The molecule has 94 valence electrons. The average molecular weight is 244 g/mol. The zero-order valence-corrected chi connectivity index (χ0v) is 10.2. The maximum absolute atomic E-state index is 4.44. The Labute approximate surface area is 105 Å². The molecule has 0 spiro atoms. The third-order valence-corrected chi connectivity index (χ3v) is 3.16. The SMILES string of the molecule is c1ccc(Cn2nnc(C3CCCNC3)n2)nc1. The standard InChI is InChI=1S/C12H16N6/c1-2-7-14-11(5-1)9-18-16-12(15-17-18)10-4-3-6-13-8-10/h1-2,5,7,10,13H,3-4,6,8-9H2. The Morgan fingerprint density at radius 3 is 3.17 bits per heavy atom. The number of rotatable bonds is 3. The van der Waals surface area contributed by atoms with Crippen LogP contribution in [0.4, 0.5) is 0 Å². The van der Waals surface area contributed by atoms with Crippen LogP contribution in [0.3, 0.4) is 0 Å². The predicted octanol–water partition coefficient (Wildman–Crippen LogP) is 0.583. The molecular formula is C12H16N6. The molecule has 18 heavy (non-hydrogen) atoms. The Balaban J connectivity index is 1.69. The van der Waals surface area contributed by atoms with Crippen molar-refractivity contribution in [1.82, 2.24) is 30.5 Å². The first-order chi connectivity index (χ1) is 8.92. The molecule has 0 saturated carbocycles. The molecule has 0 bridgehead atoms. The van der Waals surface area contributed by atoms with Crippen molar-refractivity contribution in [3.63, 3.8) is 0 Å². The van der Waals surface area contributed by atoms with Crippen molar-refractivity contribution in [3.05, 3.63) is 35.9 Å². The van der Waals surface area contributed by atoms with Gasteiger partial charge in [-0.3, -0.25) is 4.98 Å². The van der Waals surface area contributed by atoms with E-state index in [1.54, 1.807) is 11.0 Å². The molecule has 0 aromatic carbocycles. The van der Waals surface area contributed by atoms with Crippen LogP contribution in [0.2, 0.25) is 0 Å². The van der Waals surface area contributed by atoms with E-state index in [0.29, 0.717) is 12.5 Å². The third kappa shape index (κ3) is 2.53. The van der Waals surface area contributed by atoms with Crippen LogP contribution >= 0.6 is 0 Å². The lowest BCUT2D eigenvalue weighted by atomic mass is 9.99. The first-order valence-electron chi connectivity index (χ1n) is 6.30. The molecule has 1 atom stereocenters. The number of nitrogens with zero attached hydrogens (tertiary/aromatic N) is 5. The molecule has 2 aromatic rings. The Kier molecular flexibility index (Phi) is 3.27. The molecule has 6 nitrogen and oxygen atoms in total. The van der Waals surface area contributed by atoms with Gasteiger partial charge in [-0.1, -0.05) is 6.07 Å². The minimum Gasteiger partial charge on any atom is -0.316 e. The quantitative estimate of drug-likeness (QED) is 0.855. The fraction of sp³-hybridized carbons (Fsp3) is 0.500. The van der Waals surface area contributed by atoms with Crippen LogP contribution in [0.1, 0.15) is 30.3 Å². The second kappa shape index (κ2) is 5.22. The van der Waals surface area contributed by atoms with Gasteiger partial charge in [0.1, 0.15) is 6.54 Å². The zero-order chi connectivity index (χ0) is 12.2. The van der Waals surface area contributed by atoms with Crippen LogP contribution in [0.25, 0.3) is 0 Å². The van der Waals surface area contributed by atoms with E-state index in [9.17, 15) is 0 Å². The summed E-state index contributed by atoms with van der Waals surface area (Å²) in [7, 11) is 0. The van der Waals surface area contributed by atoms with Crippen molar-refractivity contribution in [2.45, 2.75) is 25.3 Å². The minimum absolute atomic E-state index is 0.399. The number of tetrazole rings is 1. The van der Waals surface area contributed by atoms with Gasteiger partial charge in [0.05, 0.1) is 5.69 Å². The summed E-state index contributed by atoms with van der Waals surface area (Å²) in [5.41, 5.74) is 0.947. The molecule has 0 radical (unpaired) electrons. The molecule has 1 aliphatic heterocycles. The molecule has 1 saturated heterocycles. The lowest BCUT2D eigenvalue weighted by molar-refractivity contribution is 0.444. The van der Waals surface area contributed by atoms with Gasteiger partial charge in [-0.05, 0) is 36.7 Å². The summed E-state index contributed by atoms with van der Waals surface area (Å²) in [6.45, 7) is 2.63. The Morgan fingerprint density at radius 1 is 1.39 bits per heavy atom. The molecule has 3 rings (SSSR count). The van der Waals surface area contributed by atoms with Gasteiger partial charge in [0.25, 0.3) is 0 Å². The summed E-state index contributed by atoms with van der Waals surface area (Å²) in [6.07, 6.45) is 4.10. The topological polar surface area (TPSA) is 68.5 Å². The van der Waals surface area contributed by atoms with Crippen molar-refractivity contribution in [2.75, 3.05) is 13.1 Å². The Bertz CT molecular complexity index is 488. The summed E-state index contributed by atoms with van der Waals surface area (Å²) >= 11 is 0. The van der Waals surface area contributed by atoms with Crippen molar-refractivity contribution >= 4 is 0 Å². The molecule has 6 heteroatoms. The highest BCUT2D eigenvalue weighted by atomic mass is 15.6. The largest absolute Gasteiger partial charge is 0.316 e. The second-order valence-electron chi connectivity index (χ2n) is 4.54. The number of pyridine rings is 1. The van der Waals surface area contributed by atoms with Gasteiger partial charge in [-0.2, -0.15) is 4.80 Å². The van der Waals surface area contributed by atoms with Gasteiger partial charge in [0.2, 0.25) is 0 Å². The number of nitrogens with one attached hydrogen (secondary N) is 1. The molecule has 1 N–H and O–H groups in total. The summed E-state index contributed by atoms with van der Waals surface area (Å²) in [6, 6.07) is 5.83. The normalized spacial score (nSPS) is 19.9. The van der Waals surface area contributed by atoms with Gasteiger partial charge >= 0.3 is 0 Å². The highest BCUT2D eigenvalue weighted by Gasteiger charge is 2.19. The van der Waals surface area contributed by atoms with Crippen LogP contribution in [0, 0.1) is 0 Å². The Hall–Kier alpha value is -1.82. The highest BCUT2D eigenvalue weighted by Crippen LogP contribution is 2.18. The molecule has 0 aliphatic carbocycles. The third-order valence-electron chi connectivity index (χ3n) is 3.16. The Morgan fingerprint density at radius 2 is 2.39 bits per heavy atom. The van der Waals surface area contributed by atoms with Crippen molar-refractivity contribution in [3.8, 4) is 0 Å². The number of aromatic nitrogens is 5. The first-order valence-corrected chi connectivity index (χ1v) is 6.30. The number of hydrogen-bond donors (Lipinski definition) is 1. The lowest BCUT2D eigenvalue weighted by Gasteiger charge is -2.19.